The molecule has 126 valence electrons. The molecule has 0 spiro atoms. The van der Waals surface area contributed by atoms with Gasteiger partial charge in [0.15, 0.2) is 0 Å². The molecule has 2 aromatic carbocycles. The van der Waals surface area contributed by atoms with Crippen molar-refractivity contribution in [2.24, 2.45) is 0 Å². The van der Waals surface area contributed by atoms with E-state index in [9.17, 15) is 4.79 Å². The van der Waals surface area contributed by atoms with Crippen LogP contribution in [0.2, 0.25) is 0 Å². The van der Waals surface area contributed by atoms with E-state index in [1.54, 1.807) is 49.1 Å². The second-order valence-corrected chi connectivity index (χ2v) is 5.63. The molecule has 0 unspecified atom stereocenters. The number of hydrogen-bond acceptors (Lipinski definition) is 4. The standard InChI is InChI=1S/C13H8N4.C7H6O2/c1-2-8-3-4-9-11(12(8)14-5-1)13-10(6-15-9)16-7-17-13;8-7(9)6-4-2-1-3-5-6/h1-7H,(H,16,17);1-5H,(H,8,9). The molecule has 5 aromatic rings. The summed E-state index contributed by atoms with van der Waals surface area (Å²) in [4.78, 5) is 26.5. The molecule has 0 aliphatic rings. The second kappa shape index (κ2) is 6.60. The highest BCUT2D eigenvalue weighted by molar-refractivity contribution is 6.15. The van der Waals surface area contributed by atoms with Gasteiger partial charge in [-0.05, 0) is 24.3 Å². The molecular formula is C20H14N4O2. The van der Waals surface area contributed by atoms with Gasteiger partial charge in [-0.25, -0.2) is 9.78 Å². The Labute approximate surface area is 148 Å². The number of aromatic nitrogens is 4. The number of carboxylic acid groups (broad SMARTS) is 1. The third-order valence-electron chi connectivity index (χ3n) is 4.02. The van der Waals surface area contributed by atoms with Crippen LogP contribution >= 0.6 is 0 Å². The van der Waals surface area contributed by atoms with Crippen molar-refractivity contribution in [1.29, 1.82) is 0 Å². The van der Waals surface area contributed by atoms with Crippen molar-refractivity contribution in [3.63, 3.8) is 0 Å². The summed E-state index contributed by atoms with van der Waals surface area (Å²) in [5, 5.41) is 10.5. The van der Waals surface area contributed by atoms with Gasteiger partial charge in [-0.1, -0.05) is 30.3 Å². The quantitative estimate of drug-likeness (QED) is 0.449. The van der Waals surface area contributed by atoms with E-state index in [1.165, 1.54) is 0 Å². The van der Waals surface area contributed by atoms with E-state index in [0.717, 1.165) is 32.8 Å². The molecule has 3 heterocycles. The van der Waals surface area contributed by atoms with Gasteiger partial charge in [0.05, 0.1) is 40.0 Å². The van der Waals surface area contributed by atoms with E-state index in [4.69, 9.17) is 5.11 Å². The molecule has 26 heavy (non-hydrogen) atoms. The summed E-state index contributed by atoms with van der Waals surface area (Å²) in [5.74, 6) is -0.879. The predicted molar refractivity (Wildman–Crippen MR) is 100 cm³/mol. The molecule has 0 atom stereocenters. The molecule has 0 saturated carbocycles. The number of benzene rings is 2. The number of aromatic carboxylic acids is 1. The zero-order chi connectivity index (χ0) is 17.9. The van der Waals surface area contributed by atoms with E-state index in [-0.39, 0.29) is 0 Å². The number of carboxylic acids is 1. The predicted octanol–water partition coefficient (Wildman–Crippen LogP) is 4.04. The summed E-state index contributed by atoms with van der Waals surface area (Å²) >= 11 is 0. The van der Waals surface area contributed by atoms with E-state index in [2.05, 4.69) is 26.0 Å². The molecule has 0 aliphatic heterocycles. The van der Waals surface area contributed by atoms with Gasteiger partial charge in [0.25, 0.3) is 0 Å². The number of pyridine rings is 2. The molecule has 0 saturated heterocycles. The maximum atomic E-state index is 10.2. The third kappa shape index (κ3) is 2.84. The number of carbonyl (C=O) groups is 1. The average molecular weight is 342 g/mol. The van der Waals surface area contributed by atoms with Crippen molar-refractivity contribution in [3.05, 3.63) is 78.9 Å². The van der Waals surface area contributed by atoms with Crippen LogP contribution in [-0.2, 0) is 0 Å². The van der Waals surface area contributed by atoms with E-state index in [0.29, 0.717) is 5.56 Å². The monoisotopic (exact) mass is 342 g/mol. The fourth-order valence-electron chi connectivity index (χ4n) is 2.80. The molecule has 6 nitrogen and oxygen atoms in total. The molecule has 3 aromatic heterocycles. The highest BCUT2D eigenvalue weighted by Gasteiger charge is 2.08. The Bertz CT molecular complexity index is 1220. The van der Waals surface area contributed by atoms with Crippen LogP contribution in [0.15, 0.2) is 73.3 Å². The first-order chi connectivity index (χ1) is 12.7. The second-order valence-electron chi connectivity index (χ2n) is 5.63. The Morgan fingerprint density at radius 3 is 2.50 bits per heavy atom. The van der Waals surface area contributed by atoms with Gasteiger partial charge in [-0.3, -0.25) is 9.97 Å². The largest absolute Gasteiger partial charge is 0.478 e. The first kappa shape index (κ1) is 15.7. The van der Waals surface area contributed by atoms with Crippen molar-refractivity contribution < 1.29 is 9.90 Å². The Balaban J connectivity index is 0.000000160. The summed E-state index contributed by atoms with van der Waals surface area (Å²) in [7, 11) is 0. The van der Waals surface area contributed by atoms with Crippen molar-refractivity contribution >= 4 is 38.8 Å². The van der Waals surface area contributed by atoms with Crippen molar-refractivity contribution in [3.8, 4) is 0 Å². The van der Waals surface area contributed by atoms with Crippen LogP contribution in [0.1, 0.15) is 10.4 Å². The smallest absolute Gasteiger partial charge is 0.335 e. The van der Waals surface area contributed by atoms with Gasteiger partial charge in [-0.15, -0.1) is 0 Å². The summed E-state index contributed by atoms with van der Waals surface area (Å²) in [6.45, 7) is 0. The van der Waals surface area contributed by atoms with Crippen LogP contribution < -0.4 is 0 Å². The number of hydrogen-bond donors (Lipinski definition) is 2. The Hall–Kier alpha value is -3.80. The van der Waals surface area contributed by atoms with Gasteiger partial charge < -0.3 is 10.1 Å². The van der Waals surface area contributed by atoms with Gasteiger partial charge in [0, 0.05) is 11.6 Å². The molecule has 0 fully saturated rings. The molecule has 0 bridgehead atoms. The van der Waals surface area contributed by atoms with Crippen LogP contribution in [0, 0.1) is 0 Å². The number of fused-ring (bicyclic) bond motifs is 5. The topological polar surface area (TPSA) is 91.8 Å². The maximum Gasteiger partial charge on any atom is 0.335 e. The lowest BCUT2D eigenvalue weighted by atomic mass is 10.1. The average Bonchev–Trinajstić information content (AvgIpc) is 3.18. The van der Waals surface area contributed by atoms with E-state index in [1.807, 2.05) is 18.2 Å². The molecular weight excluding hydrogens is 328 g/mol. The number of nitrogens with zero attached hydrogens (tertiary/aromatic N) is 3. The minimum Gasteiger partial charge on any atom is -0.478 e. The van der Waals surface area contributed by atoms with Gasteiger partial charge >= 0.3 is 5.97 Å². The minimum atomic E-state index is -0.879. The summed E-state index contributed by atoms with van der Waals surface area (Å²) in [5.41, 5.74) is 4.10. The van der Waals surface area contributed by atoms with Gasteiger partial charge in [0.1, 0.15) is 5.52 Å². The van der Waals surface area contributed by atoms with E-state index < -0.39 is 5.97 Å². The first-order valence-corrected chi connectivity index (χ1v) is 7.98. The maximum absolute atomic E-state index is 10.2. The molecule has 0 aliphatic carbocycles. The number of aromatic amines is 1. The normalized spacial score (nSPS) is 10.6. The van der Waals surface area contributed by atoms with Crippen LogP contribution in [0.3, 0.4) is 0 Å². The number of nitrogens with one attached hydrogen (secondary N) is 1. The van der Waals surface area contributed by atoms with Crippen molar-refractivity contribution in [2.45, 2.75) is 0 Å². The van der Waals surface area contributed by atoms with Crippen LogP contribution in [-0.4, -0.2) is 31.0 Å². The van der Waals surface area contributed by atoms with Gasteiger partial charge in [-0.2, -0.15) is 0 Å². The molecule has 2 N–H and O–H groups in total. The Morgan fingerprint density at radius 2 is 1.73 bits per heavy atom. The van der Waals surface area contributed by atoms with Crippen LogP contribution in [0.5, 0.6) is 0 Å². The highest BCUT2D eigenvalue weighted by Crippen LogP contribution is 2.27. The highest BCUT2D eigenvalue weighted by atomic mass is 16.4. The SMILES string of the molecule is O=C(O)c1ccccc1.c1cnc2c(c1)ccc1ncc3nc[nH]c3c12. The number of H-pyrrole nitrogens is 1. The molecule has 0 amide bonds. The lowest BCUT2D eigenvalue weighted by Gasteiger charge is -2.02. The van der Waals surface area contributed by atoms with Crippen LogP contribution in [0.25, 0.3) is 32.8 Å². The zero-order valence-electron chi connectivity index (χ0n) is 13.6. The minimum absolute atomic E-state index is 0.331. The number of rotatable bonds is 1. The fraction of sp³-hybridized carbons (Fsp3) is 0. The first-order valence-electron chi connectivity index (χ1n) is 7.98. The van der Waals surface area contributed by atoms with Crippen molar-refractivity contribution in [2.75, 3.05) is 0 Å². The summed E-state index contributed by atoms with van der Waals surface area (Å²) in [6.07, 6.45) is 5.27. The van der Waals surface area contributed by atoms with E-state index >= 15 is 0 Å². The zero-order valence-corrected chi connectivity index (χ0v) is 13.6. The molecule has 6 heteroatoms. The lowest BCUT2D eigenvalue weighted by molar-refractivity contribution is 0.0697. The third-order valence-corrected chi connectivity index (χ3v) is 4.02. The fourth-order valence-corrected chi connectivity index (χ4v) is 2.80. The Morgan fingerprint density at radius 1 is 0.885 bits per heavy atom. The Kier molecular flexibility index (Phi) is 3.99. The summed E-state index contributed by atoms with van der Waals surface area (Å²) in [6, 6.07) is 16.3. The summed E-state index contributed by atoms with van der Waals surface area (Å²) < 4.78 is 0. The lowest BCUT2D eigenvalue weighted by Crippen LogP contribution is -1.93. The number of imidazole rings is 1. The van der Waals surface area contributed by atoms with Crippen molar-refractivity contribution in [1.82, 2.24) is 19.9 Å². The van der Waals surface area contributed by atoms with Gasteiger partial charge in [0.2, 0.25) is 0 Å². The van der Waals surface area contributed by atoms with Crippen LogP contribution in [0.4, 0.5) is 0 Å². The molecule has 5 rings (SSSR count). The molecule has 0 radical (unpaired) electrons.